The van der Waals surface area contributed by atoms with Gasteiger partial charge in [0.1, 0.15) is 0 Å². The maximum absolute atomic E-state index is 2.46. The van der Waals surface area contributed by atoms with Crippen molar-refractivity contribution in [3.8, 4) is 27.9 Å². The van der Waals surface area contributed by atoms with Gasteiger partial charge in [-0.15, -0.1) is 0 Å². The summed E-state index contributed by atoms with van der Waals surface area (Å²) in [5.41, 5.74) is 20.2. The largest absolute Gasteiger partial charge is 0.310 e. The lowest BCUT2D eigenvalue weighted by Gasteiger charge is -2.32. The molecule has 0 fully saturated rings. The molecule has 1 aromatic heterocycles. The van der Waals surface area contributed by atoms with Gasteiger partial charge in [-0.25, -0.2) is 0 Å². The molecule has 7 aromatic carbocycles. The Hall–Kier alpha value is -6.96. The predicted octanol–water partition coefficient (Wildman–Crippen LogP) is 12.1. The molecule has 11 rings (SSSR count). The molecule has 3 aliphatic carbocycles. The van der Waals surface area contributed by atoms with Gasteiger partial charge in [0, 0.05) is 21.6 Å². The molecule has 0 aliphatic heterocycles. The highest BCUT2D eigenvalue weighted by atomic mass is 15.0. The molecule has 1 spiro atoms. The summed E-state index contributed by atoms with van der Waals surface area (Å²) in [6.45, 7) is 4.44. The molecule has 8 aromatic rings. The zero-order valence-corrected chi connectivity index (χ0v) is 31.5. The highest BCUT2D eigenvalue weighted by Crippen LogP contribution is 2.63. The summed E-state index contributed by atoms with van der Waals surface area (Å²) in [7, 11) is 0. The van der Waals surface area contributed by atoms with Gasteiger partial charge in [0.25, 0.3) is 0 Å². The highest BCUT2D eigenvalue weighted by molar-refractivity contribution is 6.02. The Labute approximate surface area is 327 Å². The second-order valence-corrected chi connectivity index (χ2v) is 15.1. The average molecular weight is 714 g/mol. The van der Waals surface area contributed by atoms with E-state index in [1.807, 2.05) is 0 Å². The zero-order chi connectivity index (χ0) is 37.4. The van der Waals surface area contributed by atoms with E-state index in [1.165, 1.54) is 105 Å². The summed E-state index contributed by atoms with van der Waals surface area (Å²) >= 11 is 0. The summed E-state index contributed by atoms with van der Waals surface area (Å²) in [6.07, 6.45) is 13.8. The van der Waals surface area contributed by atoms with Crippen LogP contribution >= 0.6 is 0 Å². The summed E-state index contributed by atoms with van der Waals surface area (Å²) in [5.74, 6) is 0. The van der Waals surface area contributed by atoms with Gasteiger partial charge in [-0.05, 0) is 116 Å². The van der Waals surface area contributed by atoms with E-state index in [2.05, 4.69) is 219 Å². The molecular weight excluding hydrogens is 675 g/mol. The molecule has 1 nitrogen and oxygen atoms in total. The maximum Gasteiger partial charge on any atom is 0.0725 e. The molecule has 0 amide bonds. The van der Waals surface area contributed by atoms with Gasteiger partial charge in [0.15, 0.2) is 0 Å². The lowest BCUT2D eigenvalue weighted by Crippen LogP contribution is -2.27. The fraction of sp³-hybridized carbons (Fsp3) is 0.0545. The normalized spacial score (nSPS) is 17.4. The minimum absolute atomic E-state index is 0.475. The van der Waals surface area contributed by atoms with Gasteiger partial charge in [0.05, 0.1) is 10.9 Å². The summed E-state index contributed by atoms with van der Waals surface area (Å²) in [6, 6.07) is 60.5. The Morgan fingerprint density at radius 1 is 0.536 bits per heavy atom. The van der Waals surface area contributed by atoms with Gasteiger partial charge >= 0.3 is 0 Å². The Morgan fingerprint density at radius 3 is 2.04 bits per heavy atom. The number of hydrogen-bond acceptors (Lipinski definition) is 0. The number of aromatic nitrogens is 1. The quantitative estimate of drug-likeness (QED) is 0.172. The van der Waals surface area contributed by atoms with Gasteiger partial charge in [-0.1, -0.05) is 176 Å². The van der Waals surface area contributed by atoms with E-state index in [1.54, 1.807) is 0 Å². The van der Waals surface area contributed by atoms with Gasteiger partial charge in [-0.2, -0.15) is 0 Å². The van der Waals surface area contributed by atoms with Crippen molar-refractivity contribution >= 4 is 40.8 Å². The van der Waals surface area contributed by atoms with Gasteiger partial charge < -0.3 is 4.57 Å². The van der Waals surface area contributed by atoms with Crippen LogP contribution in [0.1, 0.15) is 51.4 Å². The lowest BCUT2D eigenvalue weighted by atomic mass is 9.69. The molecule has 0 saturated heterocycles. The van der Waals surface area contributed by atoms with E-state index >= 15 is 0 Å². The first-order valence-electron chi connectivity index (χ1n) is 19.6. The summed E-state index contributed by atoms with van der Waals surface area (Å²) < 4.78 is 2.37. The number of allylic oxidation sites excluding steroid dienone is 3. The molecule has 3 aliphatic rings. The first-order chi connectivity index (χ1) is 27.7. The molecule has 264 valence electrons. The summed E-state index contributed by atoms with van der Waals surface area (Å²) in [5, 5.41) is 3.66. The Kier molecular flexibility index (Phi) is 7.28. The van der Waals surface area contributed by atoms with Crippen LogP contribution in [0.25, 0.3) is 68.7 Å². The second-order valence-electron chi connectivity index (χ2n) is 15.1. The van der Waals surface area contributed by atoms with Crippen molar-refractivity contribution in [1.82, 2.24) is 4.57 Å². The van der Waals surface area contributed by atoms with Crippen LogP contribution in [-0.4, -0.2) is 4.57 Å². The van der Waals surface area contributed by atoms with Crippen LogP contribution in [0.3, 0.4) is 0 Å². The third-order valence-corrected chi connectivity index (χ3v) is 12.4. The van der Waals surface area contributed by atoms with Crippen LogP contribution in [0, 0.1) is 6.92 Å². The Morgan fingerprint density at radius 2 is 1.20 bits per heavy atom. The standard InChI is InChI=1S/C55H39N/c1-3-52-45(46-23-11-14-30-53(46)56(52)39-19-5-4-6-20-39)27-15-17-37-31-33-44-43-22-9-12-28-48(43)55(51(44)35-37)49-29-13-10-24-47(49)54-41-26-16-25-40(36(41)2)42-21-8-7-18-38(42)32-34-50(54)55/h3-35H,1-2H3/b17-15+,34-32+,45-27-,52-3+. The van der Waals surface area contributed by atoms with E-state index in [4.69, 9.17) is 0 Å². The van der Waals surface area contributed by atoms with Crippen LogP contribution in [0.2, 0.25) is 0 Å². The first-order valence-corrected chi connectivity index (χ1v) is 19.6. The van der Waals surface area contributed by atoms with Crippen LogP contribution in [0.4, 0.5) is 0 Å². The zero-order valence-electron chi connectivity index (χ0n) is 31.5. The SMILES string of the molecule is C\C=c1/c(=C\C=C\c2ccc3c(c2)C2(C4=C(c5ccccc52)c2cccc(c2C)-c2ccccc2/C=C/4)c2ccccc2-3)c2ccccc2n1-c1ccccc1. The molecule has 0 N–H and O–H groups in total. The fourth-order valence-electron chi connectivity index (χ4n) is 10.1. The van der Waals surface area contributed by atoms with Crippen LogP contribution < -0.4 is 10.6 Å². The number of hydrogen-bond donors (Lipinski definition) is 0. The van der Waals surface area contributed by atoms with Gasteiger partial charge in [-0.3, -0.25) is 0 Å². The number of benzene rings is 7. The van der Waals surface area contributed by atoms with Crippen molar-refractivity contribution in [2.24, 2.45) is 0 Å². The molecule has 56 heavy (non-hydrogen) atoms. The topological polar surface area (TPSA) is 4.93 Å². The average Bonchev–Trinajstić information content (AvgIpc) is 3.84. The minimum Gasteiger partial charge on any atom is -0.310 e. The van der Waals surface area contributed by atoms with Crippen molar-refractivity contribution in [1.29, 1.82) is 0 Å². The third kappa shape index (κ3) is 4.49. The molecule has 0 saturated carbocycles. The number of para-hydroxylation sites is 2. The van der Waals surface area contributed by atoms with Crippen molar-refractivity contribution in [2.75, 3.05) is 0 Å². The first kappa shape index (κ1) is 32.5. The number of fused-ring (bicyclic) bond motifs is 15. The van der Waals surface area contributed by atoms with Crippen molar-refractivity contribution in [3.05, 3.63) is 237 Å². The molecule has 2 bridgehead atoms. The van der Waals surface area contributed by atoms with Crippen molar-refractivity contribution in [2.45, 2.75) is 19.3 Å². The van der Waals surface area contributed by atoms with E-state index in [0.717, 1.165) is 0 Å². The Balaban J connectivity index is 1.14. The number of rotatable bonds is 3. The molecule has 1 atom stereocenters. The number of nitrogens with zero attached hydrogens (tertiary/aromatic N) is 1. The van der Waals surface area contributed by atoms with Crippen LogP contribution in [0.15, 0.2) is 182 Å². The maximum atomic E-state index is 2.46. The molecule has 1 heterocycles. The summed E-state index contributed by atoms with van der Waals surface area (Å²) in [4.78, 5) is 0. The predicted molar refractivity (Wildman–Crippen MR) is 236 cm³/mol. The second kappa shape index (κ2) is 12.5. The smallest absolute Gasteiger partial charge is 0.0725 e. The highest BCUT2D eigenvalue weighted by Gasteiger charge is 2.52. The molecule has 1 heteroatoms. The van der Waals surface area contributed by atoms with Crippen LogP contribution in [0.5, 0.6) is 0 Å². The molecular formula is C55H39N. The van der Waals surface area contributed by atoms with Gasteiger partial charge in [0.2, 0.25) is 0 Å². The third-order valence-electron chi connectivity index (χ3n) is 12.4. The van der Waals surface area contributed by atoms with Crippen molar-refractivity contribution < 1.29 is 0 Å². The lowest BCUT2D eigenvalue weighted by molar-refractivity contribution is 0.786. The van der Waals surface area contributed by atoms with E-state index in [-0.39, 0.29) is 0 Å². The van der Waals surface area contributed by atoms with Crippen LogP contribution in [-0.2, 0) is 5.41 Å². The minimum atomic E-state index is -0.475. The van der Waals surface area contributed by atoms with E-state index in [9.17, 15) is 0 Å². The van der Waals surface area contributed by atoms with E-state index in [0.29, 0.717) is 0 Å². The molecule has 1 unspecified atom stereocenters. The Bertz CT molecular complexity index is 3150. The fourth-order valence-corrected chi connectivity index (χ4v) is 10.1. The monoisotopic (exact) mass is 713 g/mol. The van der Waals surface area contributed by atoms with Crippen molar-refractivity contribution in [3.63, 3.8) is 0 Å². The molecule has 0 radical (unpaired) electrons. The van der Waals surface area contributed by atoms with E-state index < -0.39 is 5.41 Å².